The minimum Gasteiger partial charge on any atom is -0.323 e. The van der Waals surface area contributed by atoms with Crippen LogP contribution in [-0.2, 0) is 0 Å². The molecule has 0 aliphatic rings. The Bertz CT molecular complexity index is 633. The maximum absolute atomic E-state index is 11.1. The molecule has 0 fully saturated rings. The molecule has 0 aliphatic carbocycles. The maximum Gasteiger partial charge on any atom is 0.295 e. The largest absolute Gasteiger partial charge is 0.323 e. The highest BCUT2D eigenvalue weighted by molar-refractivity contribution is 5.56. The third-order valence-electron chi connectivity index (χ3n) is 3.01. The average Bonchev–Trinajstić information content (AvgIpc) is 2.81. The summed E-state index contributed by atoms with van der Waals surface area (Å²) in [6.45, 7) is 5.51. The first-order valence-corrected chi connectivity index (χ1v) is 5.84. The molecule has 0 saturated carbocycles. The van der Waals surface area contributed by atoms with Crippen LogP contribution in [0.4, 0.5) is 5.69 Å². The summed E-state index contributed by atoms with van der Waals surface area (Å²) in [6, 6.07) is 3.00. The first kappa shape index (κ1) is 13.2. The van der Waals surface area contributed by atoms with E-state index in [2.05, 4.69) is 10.3 Å². The Morgan fingerprint density at radius 1 is 1.37 bits per heavy atom. The second-order valence-electron chi connectivity index (χ2n) is 4.56. The van der Waals surface area contributed by atoms with Gasteiger partial charge in [0.2, 0.25) is 0 Å². The van der Waals surface area contributed by atoms with Crippen LogP contribution >= 0.6 is 0 Å². The van der Waals surface area contributed by atoms with Crippen LogP contribution in [-0.4, -0.2) is 19.9 Å². The van der Waals surface area contributed by atoms with E-state index >= 15 is 0 Å². The summed E-state index contributed by atoms with van der Waals surface area (Å²) < 4.78 is 1.39. The molecule has 7 heteroatoms. The predicted molar refractivity (Wildman–Crippen MR) is 70.1 cm³/mol. The number of aryl methyl sites for hydroxylation is 2. The van der Waals surface area contributed by atoms with Gasteiger partial charge in [-0.2, -0.15) is 0 Å². The second-order valence-corrected chi connectivity index (χ2v) is 4.56. The molecule has 1 atom stereocenters. The van der Waals surface area contributed by atoms with Crippen LogP contribution in [0.5, 0.6) is 0 Å². The minimum absolute atomic E-state index is 0.00391. The van der Waals surface area contributed by atoms with Crippen LogP contribution in [0.2, 0.25) is 0 Å². The Morgan fingerprint density at radius 2 is 2.00 bits per heavy atom. The lowest BCUT2D eigenvalue weighted by molar-refractivity contribution is -0.384. The fourth-order valence-electron chi connectivity index (χ4n) is 1.72. The van der Waals surface area contributed by atoms with Crippen molar-refractivity contribution in [2.75, 3.05) is 0 Å². The van der Waals surface area contributed by atoms with Gasteiger partial charge in [-0.1, -0.05) is 5.21 Å². The molecule has 2 N–H and O–H groups in total. The maximum atomic E-state index is 11.1. The van der Waals surface area contributed by atoms with E-state index in [0.717, 1.165) is 11.1 Å². The van der Waals surface area contributed by atoms with E-state index in [1.165, 1.54) is 10.7 Å². The molecule has 2 aromatic rings. The topological polar surface area (TPSA) is 99.9 Å². The normalized spacial score (nSPS) is 12.4. The van der Waals surface area contributed by atoms with Crippen molar-refractivity contribution in [1.82, 2.24) is 15.0 Å². The van der Waals surface area contributed by atoms with Gasteiger partial charge >= 0.3 is 0 Å². The number of nitro benzene ring substituents is 1. The number of hydrogen-bond acceptors (Lipinski definition) is 5. The molecular formula is C12H15N5O2. The van der Waals surface area contributed by atoms with Gasteiger partial charge in [-0.05, 0) is 38.0 Å². The number of nitrogens with two attached hydrogens (primary N) is 1. The molecule has 0 spiro atoms. The lowest BCUT2D eigenvalue weighted by Gasteiger charge is -2.06. The Balaban J connectivity index is 2.59. The molecule has 0 aliphatic heterocycles. The smallest absolute Gasteiger partial charge is 0.295 e. The Morgan fingerprint density at radius 3 is 2.53 bits per heavy atom. The molecule has 0 bridgehead atoms. The van der Waals surface area contributed by atoms with E-state index in [4.69, 9.17) is 5.73 Å². The standard InChI is InChI=1S/C12H15N5O2/c1-7-4-11(12(17(18)19)5-8(7)2)16-6-10(9(3)13)14-15-16/h4-6,9H,13H2,1-3H3. The summed E-state index contributed by atoms with van der Waals surface area (Å²) in [7, 11) is 0. The number of nitrogens with zero attached hydrogens (tertiary/aromatic N) is 4. The number of nitro groups is 1. The Labute approximate surface area is 110 Å². The van der Waals surface area contributed by atoms with E-state index in [1.807, 2.05) is 13.8 Å². The average molecular weight is 261 g/mol. The molecule has 1 aromatic carbocycles. The molecule has 0 radical (unpaired) electrons. The summed E-state index contributed by atoms with van der Waals surface area (Å²) in [5.41, 5.74) is 8.52. The number of rotatable bonds is 3. The van der Waals surface area contributed by atoms with Gasteiger partial charge in [-0.25, -0.2) is 4.68 Å². The molecule has 19 heavy (non-hydrogen) atoms. The van der Waals surface area contributed by atoms with E-state index in [1.54, 1.807) is 19.2 Å². The van der Waals surface area contributed by atoms with Crippen molar-refractivity contribution in [3.05, 3.63) is 45.3 Å². The highest BCUT2D eigenvalue weighted by atomic mass is 16.6. The summed E-state index contributed by atoms with van der Waals surface area (Å²) in [5, 5.41) is 18.9. The number of aromatic nitrogens is 3. The van der Waals surface area contributed by atoms with Crippen molar-refractivity contribution < 1.29 is 4.92 Å². The van der Waals surface area contributed by atoms with Gasteiger partial charge in [0.1, 0.15) is 5.69 Å². The van der Waals surface area contributed by atoms with Crippen molar-refractivity contribution in [1.29, 1.82) is 0 Å². The zero-order chi connectivity index (χ0) is 14.2. The summed E-state index contributed by atoms with van der Waals surface area (Å²) in [6.07, 6.45) is 1.61. The molecule has 1 aromatic heterocycles. The SMILES string of the molecule is Cc1cc(-n2cc(C(C)N)nn2)c([N+](=O)[O-])cc1C. The van der Waals surface area contributed by atoms with Crippen LogP contribution in [0, 0.1) is 24.0 Å². The first-order valence-electron chi connectivity index (χ1n) is 5.84. The van der Waals surface area contributed by atoms with Crippen molar-refractivity contribution in [3.63, 3.8) is 0 Å². The highest BCUT2D eigenvalue weighted by Crippen LogP contribution is 2.26. The van der Waals surface area contributed by atoms with E-state index in [-0.39, 0.29) is 11.7 Å². The van der Waals surface area contributed by atoms with Crippen LogP contribution in [0.1, 0.15) is 29.8 Å². The molecular weight excluding hydrogens is 246 g/mol. The molecule has 2 rings (SSSR count). The van der Waals surface area contributed by atoms with Crippen molar-refractivity contribution in [3.8, 4) is 5.69 Å². The first-order chi connectivity index (χ1) is 8.90. The minimum atomic E-state index is -0.422. The van der Waals surface area contributed by atoms with Crippen LogP contribution in [0.3, 0.4) is 0 Å². The summed E-state index contributed by atoms with van der Waals surface area (Å²) in [5.74, 6) is 0. The van der Waals surface area contributed by atoms with Gasteiger partial charge in [-0.15, -0.1) is 5.10 Å². The zero-order valence-corrected chi connectivity index (χ0v) is 11.0. The lowest BCUT2D eigenvalue weighted by Crippen LogP contribution is -2.05. The molecule has 0 saturated heterocycles. The molecule has 0 amide bonds. The lowest BCUT2D eigenvalue weighted by atomic mass is 10.1. The number of benzene rings is 1. The fraction of sp³-hybridized carbons (Fsp3) is 0.333. The monoisotopic (exact) mass is 261 g/mol. The van der Waals surface area contributed by atoms with Gasteiger partial charge in [0.05, 0.1) is 16.8 Å². The van der Waals surface area contributed by atoms with Gasteiger partial charge < -0.3 is 5.73 Å². The predicted octanol–water partition coefficient (Wildman–Crippen LogP) is 1.81. The van der Waals surface area contributed by atoms with E-state index in [9.17, 15) is 10.1 Å². The number of hydrogen-bond donors (Lipinski definition) is 1. The second kappa shape index (κ2) is 4.77. The third-order valence-corrected chi connectivity index (χ3v) is 3.01. The molecule has 100 valence electrons. The Kier molecular flexibility index (Phi) is 3.30. The fourth-order valence-corrected chi connectivity index (χ4v) is 1.72. The van der Waals surface area contributed by atoms with Gasteiger partial charge in [0, 0.05) is 12.1 Å². The molecule has 1 heterocycles. The zero-order valence-electron chi connectivity index (χ0n) is 11.0. The van der Waals surface area contributed by atoms with Gasteiger partial charge in [-0.3, -0.25) is 10.1 Å². The van der Waals surface area contributed by atoms with Gasteiger partial charge in [0.25, 0.3) is 5.69 Å². The van der Waals surface area contributed by atoms with Crippen LogP contribution < -0.4 is 5.73 Å². The van der Waals surface area contributed by atoms with Gasteiger partial charge in [0.15, 0.2) is 0 Å². The van der Waals surface area contributed by atoms with Crippen molar-refractivity contribution >= 4 is 5.69 Å². The Hall–Kier alpha value is -2.28. The molecule has 1 unspecified atom stereocenters. The highest BCUT2D eigenvalue weighted by Gasteiger charge is 2.19. The van der Waals surface area contributed by atoms with E-state index in [0.29, 0.717) is 11.4 Å². The molecule has 7 nitrogen and oxygen atoms in total. The van der Waals surface area contributed by atoms with Crippen molar-refractivity contribution in [2.45, 2.75) is 26.8 Å². The quantitative estimate of drug-likeness (QED) is 0.670. The third kappa shape index (κ3) is 2.45. The van der Waals surface area contributed by atoms with Crippen molar-refractivity contribution in [2.24, 2.45) is 5.73 Å². The summed E-state index contributed by atoms with van der Waals surface area (Å²) in [4.78, 5) is 10.7. The van der Waals surface area contributed by atoms with Crippen LogP contribution in [0.25, 0.3) is 5.69 Å². The van der Waals surface area contributed by atoms with E-state index < -0.39 is 4.92 Å². The van der Waals surface area contributed by atoms with Crippen LogP contribution in [0.15, 0.2) is 18.3 Å². The summed E-state index contributed by atoms with van der Waals surface area (Å²) >= 11 is 0.